The number of hydrogen-bond acceptors (Lipinski definition) is 5. The Bertz CT molecular complexity index is 352. The molecule has 2 saturated heterocycles. The van der Waals surface area contributed by atoms with E-state index >= 15 is 0 Å². The van der Waals surface area contributed by atoms with E-state index < -0.39 is 23.1 Å². The van der Waals surface area contributed by atoms with Crippen LogP contribution >= 0.6 is 0 Å². The molecule has 0 unspecified atom stereocenters. The first kappa shape index (κ1) is 11.4. The lowest BCUT2D eigenvalue weighted by Gasteiger charge is -2.38. The molecule has 0 aromatic heterocycles. The summed E-state index contributed by atoms with van der Waals surface area (Å²) in [6.07, 6.45) is 0.378. The van der Waals surface area contributed by atoms with Crippen LogP contribution in [-0.2, 0) is 23.8 Å². The minimum atomic E-state index is -1.19. The standard InChI is InChI=1S/C11H16O5/c1-6-5-11(7(2)15-11)9(13)16-10(6,3)8(12)14-4/h6-7H,5H2,1-4H3/t6-,7-,10-,11-/m1/s1. The first-order valence-corrected chi connectivity index (χ1v) is 5.36. The van der Waals surface area contributed by atoms with Gasteiger partial charge in [-0.25, -0.2) is 9.59 Å². The van der Waals surface area contributed by atoms with Crippen LogP contribution in [0.4, 0.5) is 0 Å². The summed E-state index contributed by atoms with van der Waals surface area (Å²) in [6, 6.07) is 0. The van der Waals surface area contributed by atoms with Crippen molar-refractivity contribution in [2.75, 3.05) is 7.11 Å². The number of carbonyl (C=O) groups is 2. The molecule has 16 heavy (non-hydrogen) atoms. The third kappa shape index (κ3) is 1.27. The zero-order chi connectivity index (χ0) is 12.1. The highest BCUT2D eigenvalue weighted by atomic mass is 16.7. The highest BCUT2D eigenvalue weighted by Crippen LogP contribution is 2.49. The van der Waals surface area contributed by atoms with Gasteiger partial charge < -0.3 is 14.2 Å². The molecule has 4 atom stereocenters. The van der Waals surface area contributed by atoms with Crippen LogP contribution in [0.5, 0.6) is 0 Å². The van der Waals surface area contributed by atoms with Crippen molar-refractivity contribution in [3.05, 3.63) is 0 Å². The molecule has 5 nitrogen and oxygen atoms in total. The fourth-order valence-electron chi connectivity index (χ4n) is 2.27. The van der Waals surface area contributed by atoms with Gasteiger partial charge in [0.25, 0.3) is 0 Å². The number of carbonyl (C=O) groups excluding carboxylic acids is 2. The summed E-state index contributed by atoms with van der Waals surface area (Å²) in [7, 11) is 1.29. The third-order valence-corrected chi connectivity index (χ3v) is 3.78. The summed E-state index contributed by atoms with van der Waals surface area (Å²) in [5.41, 5.74) is -2.00. The Morgan fingerprint density at radius 2 is 2.06 bits per heavy atom. The van der Waals surface area contributed by atoms with Gasteiger partial charge in [0.1, 0.15) is 0 Å². The summed E-state index contributed by atoms with van der Waals surface area (Å²) in [4.78, 5) is 23.4. The van der Waals surface area contributed by atoms with Gasteiger partial charge in [0.2, 0.25) is 5.60 Å². The minimum absolute atomic E-state index is 0.121. The van der Waals surface area contributed by atoms with E-state index in [0.717, 1.165) is 0 Å². The smallest absolute Gasteiger partial charge is 0.350 e. The maximum Gasteiger partial charge on any atom is 0.350 e. The molecule has 0 bridgehead atoms. The zero-order valence-electron chi connectivity index (χ0n) is 9.90. The molecule has 90 valence electrons. The molecule has 5 heteroatoms. The summed E-state index contributed by atoms with van der Waals surface area (Å²) in [5, 5.41) is 0. The van der Waals surface area contributed by atoms with E-state index in [9.17, 15) is 9.59 Å². The predicted molar refractivity (Wildman–Crippen MR) is 53.6 cm³/mol. The molecule has 2 heterocycles. The molecule has 2 aliphatic rings. The summed E-state index contributed by atoms with van der Waals surface area (Å²) in [5.74, 6) is -1.09. The largest absolute Gasteiger partial charge is 0.466 e. The van der Waals surface area contributed by atoms with Gasteiger partial charge in [0.05, 0.1) is 13.2 Å². The van der Waals surface area contributed by atoms with E-state index in [1.165, 1.54) is 7.11 Å². The normalized spacial score (nSPS) is 46.4. The lowest BCUT2D eigenvalue weighted by Crippen LogP contribution is -2.55. The molecule has 0 radical (unpaired) electrons. The molecular weight excluding hydrogens is 212 g/mol. The van der Waals surface area contributed by atoms with Crippen LogP contribution in [0.2, 0.25) is 0 Å². The first-order valence-electron chi connectivity index (χ1n) is 5.36. The SMILES string of the molecule is COC(=O)[C@]1(C)OC(=O)[C@]2(C[C@H]1C)O[C@@H]2C. The van der Waals surface area contributed by atoms with Crippen LogP contribution in [0.25, 0.3) is 0 Å². The van der Waals surface area contributed by atoms with E-state index in [-0.39, 0.29) is 12.0 Å². The van der Waals surface area contributed by atoms with E-state index in [0.29, 0.717) is 6.42 Å². The average Bonchev–Trinajstić information content (AvgIpc) is 2.86. The number of ether oxygens (including phenoxy) is 3. The second-order valence-electron chi connectivity index (χ2n) is 4.74. The summed E-state index contributed by atoms with van der Waals surface area (Å²) >= 11 is 0. The third-order valence-electron chi connectivity index (χ3n) is 3.78. The number of methoxy groups -OCH3 is 1. The first-order chi connectivity index (χ1) is 7.36. The van der Waals surface area contributed by atoms with Crippen LogP contribution in [0.15, 0.2) is 0 Å². The monoisotopic (exact) mass is 228 g/mol. The van der Waals surface area contributed by atoms with Gasteiger partial charge in [-0.3, -0.25) is 0 Å². The van der Waals surface area contributed by atoms with Crippen molar-refractivity contribution in [2.24, 2.45) is 5.92 Å². The van der Waals surface area contributed by atoms with E-state index in [1.54, 1.807) is 6.92 Å². The quantitative estimate of drug-likeness (QED) is 0.487. The molecule has 0 aromatic rings. The summed E-state index contributed by atoms with van der Waals surface area (Å²) < 4.78 is 15.2. The Kier molecular flexibility index (Phi) is 2.28. The Balaban J connectivity index is 2.22. The van der Waals surface area contributed by atoms with Crippen molar-refractivity contribution < 1.29 is 23.8 Å². The maximum absolute atomic E-state index is 11.8. The van der Waals surface area contributed by atoms with Crippen molar-refractivity contribution >= 4 is 11.9 Å². The molecule has 0 aliphatic carbocycles. The number of epoxide rings is 1. The van der Waals surface area contributed by atoms with Gasteiger partial charge in [-0.1, -0.05) is 6.92 Å². The molecule has 0 saturated carbocycles. The second kappa shape index (κ2) is 3.20. The van der Waals surface area contributed by atoms with Crippen molar-refractivity contribution in [1.29, 1.82) is 0 Å². The van der Waals surface area contributed by atoms with Gasteiger partial charge in [-0.15, -0.1) is 0 Å². The van der Waals surface area contributed by atoms with Gasteiger partial charge >= 0.3 is 11.9 Å². The van der Waals surface area contributed by atoms with E-state index in [4.69, 9.17) is 9.47 Å². The van der Waals surface area contributed by atoms with Crippen molar-refractivity contribution in [3.8, 4) is 0 Å². The molecule has 1 spiro atoms. The fraction of sp³-hybridized carbons (Fsp3) is 0.818. The Morgan fingerprint density at radius 1 is 1.50 bits per heavy atom. The maximum atomic E-state index is 11.8. The Morgan fingerprint density at radius 3 is 2.50 bits per heavy atom. The van der Waals surface area contributed by atoms with Gasteiger partial charge in [-0.05, 0) is 20.3 Å². The van der Waals surface area contributed by atoms with Crippen molar-refractivity contribution in [1.82, 2.24) is 0 Å². The van der Waals surface area contributed by atoms with Crippen molar-refractivity contribution in [2.45, 2.75) is 44.5 Å². The molecule has 2 fully saturated rings. The van der Waals surface area contributed by atoms with Crippen LogP contribution in [0.3, 0.4) is 0 Å². The Hall–Kier alpha value is -1.10. The molecule has 2 rings (SSSR count). The zero-order valence-corrected chi connectivity index (χ0v) is 9.90. The van der Waals surface area contributed by atoms with Crippen LogP contribution < -0.4 is 0 Å². The molecule has 0 amide bonds. The number of hydrogen-bond donors (Lipinski definition) is 0. The van der Waals surface area contributed by atoms with Crippen LogP contribution in [0, 0.1) is 5.92 Å². The average molecular weight is 228 g/mol. The van der Waals surface area contributed by atoms with Crippen LogP contribution in [0.1, 0.15) is 27.2 Å². The number of rotatable bonds is 1. The van der Waals surface area contributed by atoms with Gasteiger partial charge in [0, 0.05) is 5.92 Å². The second-order valence-corrected chi connectivity index (χ2v) is 4.74. The fourth-order valence-corrected chi connectivity index (χ4v) is 2.27. The highest BCUT2D eigenvalue weighted by Gasteiger charge is 2.68. The topological polar surface area (TPSA) is 65.1 Å². The molecule has 2 aliphatic heterocycles. The number of cyclic esters (lactones) is 1. The number of esters is 2. The molecular formula is C11H16O5. The lowest BCUT2D eigenvalue weighted by atomic mass is 9.79. The lowest BCUT2D eigenvalue weighted by molar-refractivity contribution is -0.198. The van der Waals surface area contributed by atoms with Crippen molar-refractivity contribution in [3.63, 3.8) is 0 Å². The minimum Gasteiger partial charge on any atom is -0.466 e. The molecule has 0 N–H and O–H groups in total. The Labute approximate surface area is 94.0 Å². The highest BCUT2D eigenvalue weighted by molar-refractivity contribution is 5.90. The molecule has 0 aromatic carbocycles. The summed E-state index contributed by atoms with van der Waals surface area (Å²) in [6.45, 7) is 5.27. The van der Waals surface area contributed by atoms with E-state index in [2.05, 4.69) is 4.74 Å². The van der Waals surface area contributed by atoms with Gasteiger partial charge in [0.15, 0.2) is 5.60 Å². The van der Waals surface area contributed by atoms with Gasteiger partial charge in [-0.2, -0.15) is 0 Å². The van der Waals surface area contributed by atoms with Crippen LogP contribution in [-0.4, -0.2) is 36.4 Å². The predicted octanol–water partition coefficient (Wildman–Crippen LogP) is 0.659. The van der Waals surface area contributed by atoms with E-state index in [1.807, 2.05) is 13.8 Å².